The SMILES string of the molecule is COC(=O)c1ccccc1NC(=O)CSc1nnc(-c2cccc(F)c2)n1-c1ccccc1. The van der Waals surface area contributed by atoms with Crippen LogP contribution in [0.2, 0.25) is 0 Å². The van der Waals surface area contributed by atoms with Gasteiger partial charge in [0.2, 0.25) is 5.91 Å². The van der Waals surface area contributed by atoms with Gasteiger partial charge in [-0.25, -0.2) is 9.18 Å². The Morgan fingerprint density at radius 2 is 1.76 bits per heavy atom. The number of nitrogens with zero attached hydrogens (tertiary/aromatic N) is 3. The van der Waals surface area contributed by atoms with Crippen LogP contribution in [-0.4, -0.2) is 39.5 Å². The summed E-state index contributed by atoms with van der Waals surface area (Å²) < 4.78 is 20.4. The number of halogens is 1. The van der Waals surface area contributed by atoms with E-state index in [1.165, 1.54) is 31.0 Å². The number of amides is 1. The van der Waals surface area contributed by atoms with Crippen LogP contribution in [-0.2, 0) is 9.53 Å². The van der Waals surface area contributed by atoms with Gasteiger partial charge in [0.15, 0.2) is 11.0 Å². The zero-order chi connectivity index (χ0) is 23.2. The van der Waals surface area contributed by atoms with E-state index < -0.39 is 5.97 Å². The summed E-state index contributed by atoms with van der Waals surface area (Å²) in [4.78, 5) is 24.6. The number of nitrogens with one attached hydrogen (secondary N) is 1. The number of hydrogen-bond donors (Lipinski definition) is 1. The van der Waals surface area contributed by atoms with E-state index in [2.05, 4.69) is 15.5 Å². The lowest BCUT2D eigenvalue weighted by molar-refractivity contribution is -0.113. The summed E-state index contributed by atoms with van der Waals surface area (Å²) >= 11 is 1.18. The normalized spacial score (nSPS) is 10.6. The Kier molecular flexibility index (Phi) is 6.80. The van der Waals surface area contributed by atoms with Crippen molar-refractivity contribution in [1.29, 1.82) is 0 Å². The third kappa shape index (κ3) is 5.09. The zero-order valence-electron chi connectivity index (χ0n) is 17.6. The molecule has 1 amide bonds. The Balaban J connectivity index is 1.58. The Bertz CT molecular complexity index is 1290. The molecule has 1 N–H and O–H groups in total. The monoisotopic (exact) mass is 462 g/mol. The Hall–Kier alpha value is -3.98. The second-order valence-corrected chi connectivity index (χ2v) is 7.80. The van der Waals surface area contributed by atoms with Gasteiger partial charge in [-0.05, 0) is 36.4 Å². The molecule has 0 aliphatic heterocycles. The summed E-state index contributed by atoms with van der Waals surface area (Å²) in [6.07, 6.45) is 0. The molecule has 0 fully saturated rings. The molecule has 4 rings (SSSR count). The molecule has 0 saturated carbocycles. The van der Waals surface area contributed by atoms with Crippen LogP contribution in [0.1, 0.15) is 10.4 Å². The third-order valence-corrected chi connectivity index (χ3v) is 5.60. The number of rotatable bonds is 7. The Morgan fingerprint density at radius 3 is 2.52 bits per heavy atom. The van der Waals surface area contributed by atoms with Crippen molar-refractivity contribution in [3.8, 4) is 17.1 Å². The fourth-order valence-corrected chi connectivity index (χ4v) is 3.94. The number of benzene rings is 3. The molecule has 7 nitrogen and oxygen atoms in total. The number of methoxy groups -OCH3 is 1. The summed E-state index contributed by atoms with van der Waals surface area (Å²) in [5.41, 5.74) is 1.97. The topological polar surface area (TPSA) is 86.1 Å². The molecule has 1 heterocycles. The van der Waals surface area contributed by atoms with Gasteiger partial charge >= 0.3 is 5.97 Å². The number of esters is 1. The lowest BCUT2D eigenvalue weighted by Crippen LogP contribution is -2.17. The first-order valence-corrected chi connectivity index (χ1v) is 10.9. The molecule has 0 radical (unpaired) electrons. The van der Waals surface area contributed by atoms with E-state index in [-0.39, 0.29) is 23.0 Å². The van der Waals surface area contributed by atoms with Crippen LogP contribution in [0.4, 0.5) is 10.1 Å². The van der Waals surface area contributed by atoms with Gasteiger partial charge in [-0.1, -0.05) is 54.2 Å². The first-order chi connectivity index (χ1) is 16.1. The molecule has 33 heavy (non-hydrogen) atoms. The van der Waals surface area contributed by atoms with E-state index >= 15 is 0 Å². The predicted octanol–water partition coefficient (Wildman–Crippen LogP) is 4.59. The summed E-state index contributed by atoms with van der Waals surface area (Å²) in [6.45, 7) is 0. The number of ether oxygens (including phenoxy) is 1. The summed E-state index contributed by atoms with van der Waals surface area (Å²) in [5.74, 6) is -0.773. The van der Waals surface area contributed by atoms with Gasteiger partial charge in [0, 0.05) is 11.3 Å². The number of hydrogen-bond acceptors (Lipinski definition) is 6. The highest BCUT2D eigenvalue weighted by Crippen LogP contribution is 2.28. The van der Waals surface area contributed by atoms with Gasteiger partial charge < -0.3 is 10.1 Å². The largest absolute Gasteiger partial charge is 0.465 e. The number of thioether (sulfide) groups is 1. The number of carbonyl (C=O) groups excluding carboxylic acids is 2. The standard InChI is InChI=1S/C24H19FN4O3S/c1-32-23(31)19-12-5-6-13-20(19)26-21(30)15-33-24-28-27-22(16-8-7-9-17(25)14-16)29(24)18-10-3-2-4-11-18/h2-14H,15H2,1H3,(H,26,30). The highest BCUT2D eigenvalue weighted by atomic mass is 32.2. The highest BCUT2D eigenvalue weighted by Gasteiger charge is 2.19. The maximum Gasteiger partial charge on any atom is 0.339 e. The molecular formula is C24H19FN4O3S. The Labute approximate surface area is 193 Å². The number of anilines is 1. The molecule has 0 unspecified atom stereocenters. The smallest absolute Gasteiger partial charge is 0.339 e. The van der Waals surface area contributed by atoms with Crippen molar-refractivity contribution in [3.05, 3.63) is 90.2 Å². The molecule has 0 saturated heterocycles. The molecule has 0 atom stereocenters. The van der Waals surface area contributed by atoms with Gasteiger partial charge in [-0.15, -0.1) is 10.2 Å². The van der Waals surface area contributed by atoms with Crippen molar-refractivity contribution in [2.45, 2.75) is 5.16 Å². The minimum atomic E-state index is -0.540. The van der Waals surface area contributed by atoms with E-state index in [1.807, 2.05) is 30.3 Å². The first-order valence-electron chi connectivity index (χ1n) is 9.93. The van der Waals surface area contributed by atoms with Crippen molar-refractivity contribution in [1.82, 2.24) is 14.8 Å². The summed E-state index contributed by atoms with van der Waals surface area (Å²) in [5, 5.41) is 11.7. The second kappa shape index (κ2) is 10.1. The van der Waals surface area contributed by atoms with Gasteiger partial charge in [0.1, 0.15) is 5.82 Å². The molecule has 9 heteroatoms. The molecule has 0 aliphatic carbocycles. The van der Waals surface area contributed by atoms with E-state index in [4.69, 9.17) is 4.74 Å². The average molecular weight is 463 g/mol. The van der Waals surface area contributed by atoms with Crippen molar-refractivity contribution in [2.24, 2.45) is 0 Å². The van der Waals surface area contributed by atoms with Crippen molar-refractivity contribution >= 4 is 29.3 Å². The van der Waals surface area contributed by atoms with Crippen molar-refractivity contribution < 1.29 is 18.7 Å². The van der Waals surface area contributed by atoms with E-state index in [9.17, 15) is 14.0 Å². The number of aromatic nitrogens is 3. The zero-order valence-corrected chi connectivity index (χ0v) is 18.4. The van der Waals surface area contributed by atoms with Crippen LogP contribution >= 0.6 is 11.8 Å². The molecule has 1 aromatic heterocycles. The third-order valence-electron chi connectivity index (χ3n) is 4.67. The lowest BCUT2D eigenvalue weighted by Gasteiger charge is -2.11. The summed E-state index contributed by atoms with van der Waals surface area (Å²) in [7, 11) is 1.28. The number of carbonyl (C=O) groups is 2. The molecule has 3 aromatic carbocycles. The predicted molar refractivity (Wildman–Crippen MR) is 124 cm³/mol. The molecule has 0 bridgehead atoms. The lowest BCUT2D eigenvalue weighted by atomic mass is 10.2. The maximum atomic E-state index is 13.8. The van der Waals surface area contributed by atoms with Crippen LogP contribution < -0.4 is 5.32 Å². The fourth-order valence-electron chi connectivity index (χ4n) is 3.18. The van der Waals surface area contributed by atoms with E-state index in [0.717, 1.165) is 5.69 Å². The molecule has 0 aliphatic rings. The van der Waals surface area contributed by atoms with Crippen LogP contribution in [0.25, 0.3) is 17.1 Å². The fraction of sp³-hybridized carbons (Fsp3) is 0.0833. The van der Waals surface area contributed by atoms with Gasteiger partial charge in [-0.3, -0.25) is 9.36 Å². The van der Waals surface area contributed by atoms with E-state index in [0.29, 0.717) is 22.2 Å². The van der Waals surface area contributed by atoms with Crippen molar-refractivity contribution in [2.75, 3.05) is 18.2 Å². The van der Waals surface area contributed by atoms with Crippen LogP contribution in [0.5, 0.6) is 0 Å². The maximum absolute atomic E-state index is 13.8. The summed E-state index contributed by atoms with van der Waals surface area (Å²) in [6, 6.07) is 22.1. The first kappa shape index (κ1) is 22.2. The van der Waals surface area contributed by atoms with Crippen LogP contribution in [0, 0.1) is 5.82 Å². The molecule has 4 aromatic rings. The van der Waals surface area contributed by atoms with Gasteiger partial charge in [0.25, 0.3) is 0 Å². The Morgan fingerprint density at radius 1 is 1.00 bits per heavy atom. The minimum absolute atomic E-state index is 0.0175. The highest BCUT2D eigenvalue weighted by molar-refractivity contribution is 7.99. The second-order valence-electron chi connectivity index (χ2n) is 6.86. The minimum Gasteiger partial charge on any atom is -0.465 e. The average Bonchev–Trinajstić information content (AvgIpc) is 3.27. The van der Waals surface area contributed by atoms with Gasteiger partial charge in [-0.2, -0.15) is 0 Å². The quantitative estimate of drug-likeness (QED) is 0.319. The number of para-hydroxylation sites is 2. The molecule has 166 valence electrons. The van der Waals surface area contributed by atoms with Crippen LogP contribution in [0.15, 0.2) is 84.0 Å². The molecule has 0 spiro atoms. The van der Waals surface area contributed by atoms with E-state index in [1.54, 1.807) is 41.0 Å². The van der Waals surface area contributed by atoms with Gasteiger partial charge in [0.05, 0.1) is 24.1 Å². The van der Waals surface area contributed by atoms with Crippen LogP contribution in [0.3, 0.4) is 0 Å². The molecular weight excluding hydrogens is 443 g/mol. The van der Waals surface area contributed by atoms with Crippen molar-refractivity contribution in [3.63, 3.8) is 0 Å².